The van der Waals surface area contributed by atoms with E-state index in [9.17, 15) is 13.2 Å². The first-order valence-corrected chi connectivity index (χ1v) is 10.5. The fraction of sp³-hybridized carbons (Fsp3) is 0.350. The molecule has 1 amide bonds. The number of quaternary nitrogens is 1. The van der Waals surface area contributed by atoms with Crippen LogP contribution in [0.2, 0.25) is 0 Å². The number of carbonyl (C=O) groups excluding carboxylic acids is 1. The van der Waals surface area contributed by atoms with Crippen molar-refractivity contribution in [3.63, 3.8) is 0 Å². The number of carbonyl (C=O) groups is 1. The van der Waals surface area contributed by atoms with Crippen LogP contribution in [0.1, 0.15) is 35.6 Å². The molecule has 0 radical (unpaired) electrons. The number of likely N-dealkylation sites (N-methyl/N-ethyl adjacent to an activating group) is 1. The average molecular weight is 389 g/mol. The van der Waals surface area contributed by atoms with Crippen LogP contribution in [0.5, 0.6) is 0 Å². The van der Waals surface area contributed by atoms with Gasteiger partial charge in [0, 0.05) is 11.3 Å². The lowest BCUT2D eigenvalue weighted by Gasteiger charge is -2.22. The van der Waals surface area contributed by atoms with Crippen LogP contribution >= 0.6 is 0 Å². The van der Waals surface area contributed by atoms with Crippen molar-refractivity contribution in [2.24, 2.45) is 0 Å². The highest BCUT2D eigenvalue weighted by Crippen LogP contribution is 2.33. The molecular formula is C20H26N3O3S+. The second-order valence-electron chi connectivity index (χ2n) is 7.35. The fourth-order valence-corrected chi connectivity index (χ4v) is 4.37. The zero-order valence-corrected chi connectivity index (χ0v) is 16.9. The van der Waals surface area contributed by atoms with Crippen molar-refractivity contribution >= 4 is 21.6 Å². The van der Waals surface area contributed by atoms with Gasteiger partial charge in [0.15, 0.2) is 0 Å². The van der Waals surface area contributed by atoms with E-state index in [1.54, 1.807) is 19.1 Å². The number of nitrogens with one attached hydrogen (secondary N) is 3. The Hall–Kier alpha value is -2.22. The summed E-state index contributed by atoms with van der Waals surface area (Å²) in [6.45, 7) is 4.09. The molecule has 1 aliphatic heterocycles. The Morgan fingerprint density at radius 3 is 2.44 bits per heavy atom. The van der Waals surface area contributed by atoms with E-state index < -0.39 is 10.0 Å². The number of fused-ring (bicyclic) bond motifs is 1. The van der Waals surface area contributed by atoms with Crippen LogP contribution < -0.4 is 14.9 Å². The van der Waals surface area contributed by atoms with E-state index in [0.29, 0.717) is 5.69 Å². The van der Waals surface area contributed by atoms with E-state index in [1.165, 1.54) is 11.6 Å². The molecule has 0 bridgehead atoms. The molecule has 2 atom stereocenters. The Balaban J connectivity index is 1.80. The number of rotatable bonds is 6. The van der Waals surface area contributed by atoms with E-state index in [4.69, 9.17) is 0 Å². The molecule has 0 unspecified atom stereocenters. The van der Waals surface area contributed by atoms with Gasteiger partial charge in [0.1, 0.15) is 6.04 Å². The zero-order valence-electron chi connectivity index (χ0n) is 16.0. The van der Waals surface area contributed by atoms with Crippen LogP contribution in [0.3, 0.4) is 0 Å². The number of anilines is 1. The van der Waals surface area contributed by atoms with Gasteiger partial charge in [-0.1, -0.05) is 29.8 Å². The molecule has 0 saturated heterocycles. The van der Waals surface area contributed by atoms with Gasteiger partial charge in [0.2, 0.25) is 15.9 Å². The van der Waals surface area contributed by atoms with Crippen LogP contribution in [-0.2, 0) is 14.8 Å². The number of aryl methyl sites for hydroxylation is 1. The average Bonchev–Trinajstić information content (AvgIpc) is 2.90. The highest BCUT2D eigenvalue weighted by atomic mass is 32.2. The van der Waals surface area contributed by atoms with Crippen molar-refractivity contribution in [2.45, 2.75) is 30.7 Å². The third-order valence-corrected chi connectivity index (χ3v) is 6.53. The van der Waals surface area contributed by atoms with Crippen molar-refractivity contribution in [1.29, 1.82) is 0 Å². The SMILES string of the molecule is Cc1ccc([C@@H](CNS(=O)(=O)c2ccc3c(c2)[C@@H](C)C(=O)N3)[NH+](C)C)cc1. The lowest BCUT2D eigenvalue weighted by atomic mass is 10.0. The topological polar surface area (TPSA) is 79.7 Å². The Labute approximate surface area is 160 Å². The van der Waals surface area contributed by atoms with E-state index >= 15 is 0 Å². The summed E-state index contributed by atoms with van der Waals surface area (Å²) in [7, 11) is 0.344. The van der Waals surface area contributed by atoms with Crippen LogP contribution in [-0.4, -0.2) is 35.0 Å². The third kappa shape index (κ3) is 4.05. The van der Waals surface area contributed by atoms with Crippen molar-refractivity contribution in [1.82, 2.24) is 4.72 Å². The largest absolute Gasteiger partial charge is 0.333 e. The Morgan fingerprint density at radius 2 is 1.81 bits per heavy atom. The molecule has 1 aliphatic rings. The fourth-order valence-electron chi connectivity index (χ4n) is 3.29. The highest BCUT2D eigenvalue weighted by Gasteiger charge is 2.29. The molecule has 0 saturated carbocycles. The van der Waals surface area contributed by atoms with Gasteiger partial charge in [-0.25, -0.2) is 13.1 Å². The molecule has 3 N–H and O–H groups in total. The van der Waals surface area contributed by atoms with Gasteiger partial charge < -0.3 is 10.2 Å². The Bertz CT molecular complexity index is 953. The third-order valence-electron chi connectivity index (χ3n) is 5.11. The summed E-state index contributed by atoms with van der Waals surface area (Å²) in [6, 6.07) is 12.9. The minimum atomic E-state index is -3.67. The highest BCUT2D eigenvalue weighted by molar-refractivity contribution is 7.89. The van der Waals surface area contributed by atoms with Crippen LogP contribution in [0.4, 0.5) is 5.69 Å². The number of hydrogen-bond donors (Lipinski definition) is 3. The van der Waals surface area contributed by atoms with Gasteiger partial charge in [0.05, 0.1) is 31.5 Å². The minimum Gasteiger partial charge on any atom is -0.333 e. The standard InChI is InChI=1S/C20H25N3O3S/c1-13-5-7-15(8-6-13)19(23(3)4)12-21-27(25,26)16-9-10-18-17(11-16)14(2)20(24)22-18/h5-11,14,19,21H,12H2,1-4H3,(H,22,24)/p+1/t14-,19-/m1/s1. The van der Waals surface area contributed by atoms with Gasteiger partial charge in [-0.15, -0.1) is 0 Å². The Kier molecular flexibility index (Phi) is 5.37. The van der Waals surface area contributed by atoms with Crippen molar-refractivity contribution in [3.05, 3.63) is 59.2 Å². The van der Waals surface area contributed by atoms with E-state index in [0.717, 1.165) is 16.0 Å². The van der Waals surface area contributed by atoms with Crippen LogP contribution in [0.15, 0.2) is 47.4 Å². The molecule has 0 aliphatic carbocycles. The normalized spacial score (nSPS) is 17.7. The van der Waals surface area contributed by atoms with Crippen molar-refractivity contribution < 1.29 is 18.1 Å². The maximum absolute atomic E-state index is 12.8. The molecule has 144 valence electrons. The minimum absolute atomic E-state index is 0.00281. The lowest BCUT2D eigenvalue weighted by Crippen LogP contribution is -3.07. The maximum atomic E-state index is 12.8. The number of benzene rings is 2. The monoisotopic (exact) mass is 388 g/mol. The maximum Gasteiger partial charge on any atom is 0.240 e. The van der Waals surface area contributed by atoms with Gasteiger partial charge >= 0.3 is 0 Å². The van der Waals surface area contributed by atoms with Crippen LogP contribution in [0, 0.1) is 6.92 Å². The van der Waals surface area contributed by atoms with E-state index in [-0.39, 0.29) is 29.3 Å². The summed E-state index contributed by atoms with van der Waals surface area (Å²) in [5, 5.41) is 2.76. The molecule has 0 fully saturated rings. The first-order valence-electron chi connectivity index (χ1n) is 9.00. The molecule has 0 aromatic heterocycles. The van der Waals surface area contributed by atoms with Crippen LogP contribution in [0.25, 0.3) is 0 Å². The second kappa shape index (κ2) is 7.42. The van der Waals surface area contributed by atoms with Gasteiger partial charge in [-0.3, -0.25) is 4.79 Å². The predicted molar refractivity (Wildman–Crippen MR) is 105 cm³/mol. The van der Waals surface area contributed by atoms with E-state index in [2.05, 4.69) is 10.0 Å². The summed E-state index contributed by atoms with van der Waals surface area (Å²) in [5.74, 6) is -0.454. The quantitative estimate of drug-likeness (QED) is 0.696. The number of sulfonamides is 1. The summed E-state index contributed by atoms with van der Waals surface area (Å²) < 4.78 is 28.3. The molecule has 7 heteroatoms. The summed E-state index contributed by atoms with van der Waals surface area (Å²) in [5.41, 5.74) is 3.65. The second-order valence-corrected chi connectivity index (χ2v) is 9.12. The van der Waals surface area contributed by atoms with Gasteiger partial charge in [0.25, 0.3) is 0 Å². The summed E-state index contributed by atoms with van der Waals surface area (Å²) in [4.78, 5) is 13.1. The smallest absolute Gasteiger partial charge is 0.240 e. The van der Waals surface area contributed by atoms with Gasteiger partial charge in [-0.2, -0.15) is 0 Å². The summed E-state index contributed by atoms with van der Waals surface area (Å²) in [6.07, 6.45) is 0. The van der Waals surface area contributed by atoms with Gasteiger partial charge in [-0.05, 0) is 37.6 Å². The molecule has 0 spiro atoms. The lowest BCUT2D eigenvalue weighted by molar-refractivity contribution is -0.890. The first kappa shape index (κ1) is 19.5. The number of hydrogen-bond acceptors (Lipinski definition) is 3. The molecule has 2 aromatic carbocycles. The molecular weight excluding hydrogens is 362 g/mol. The first-order chi connectivity index (χ1) is 12.7. The predicted octanol–water partition coefficient (Wildman–Crippen LogP) is 1.21. The molecule has 2 aromatic rings. The van der Waals surface area contributed by atoms with E-state index in [1.807, 2.05) is 45.3 Å². The molecule has 6 nitrogen and oxygen atoms in total. The van der Waals surface area contributed by atoms with Crippen molar-refractivity contribution in [3.8, 4) is 0 Å². The van der Waals surface area contributed by atoms with Crippen molar-refractivity contribution in [2.75, 3.05) is 26.0 Å². The number of amides is 1. The molecule has 3 rings (SSSR count). The Morgan fingerprint density at radius 1 is 1.15 bits per heavy atom. The molecule has 1 heterocycles. The zero-order chi connectivity index (χ0) is 19.8. The molecule has 27 heavy (non-hydrogen) atoms. The summed E-state index contributed by atoms with van der Waals surface area (Å²) >= 11 is 0.